The molecular weight excluding hydrogens is 284 g/mol. The first-order valence-electron chi connectivity index (χ1n) is 7.92. The maximum absolute atomic E-state index is 12.4. The second-order valence-corrected chi connectivity index (χ2v) is 7.17. The molecule has 2 aliphatic rings. The van der Waals surface area contributed by atoms with Crippen molar-refractivity contribution in [1.82, 2.24) is 20.4 Å². The molecule has 7 heteroatoms. The van der Waals surface area contributed by atoms with Gasteiger partial charge in [-0.05, 0) is 46.5 Å². The van der Waals surface area contributed by atoms with Crippen LogP contribution < -0.4 is 5.32 Å². The van der Waals surface area contributed by atoms with Gasteiger partial charge in [-0.1, -0.05) is 5.16 Å². The van der Waals surface area contributed by atoms with Crippen molar-refractivity contribution in [2.24, 2.45) is 0 Å². The summed E-state index contributed by atoms with van der Waals surface area (Å²) in [6, 6.07) is 0.933. The Kier molecular flexibility index (Phi) is 4.08. The third-order valence-corrected chi connectivity index (χ3v) is 4.29. The zero-order chi connectivity index (χ0) is 15.7. The molecule has 1 aromatic heterocycles. The van der Waals surface area contributed by atoms with Gasteiger partial charge in [0.05, 0.1) is 6.54 Å². The Morgan fingerprint density at radius 1 is 1.41 bits per heavy atom. The Labute approximate surface area is 130 Å². The number of nitrogens with one attached hydrogen (secondary N) is 1. The van der Waals surface area contributed by atoms with Gasteiger partial charge >= 0.3 is 6.09 Å². The van der Waals surface area contributed by atoms with Crippen LogP contribution >= 0.6 is 0 Å². The number of piperidine rings is 1. The van der Waals surface area contributed by atoms with Gasteiger partial charge in [-0.25, -0.2) is 4.79 Å². The van der Waals surface area contributed by atoms with Gasteiger partial charge < -0.3 is 19.5 Å². The molecule has 3 heterocycles. The molecule has 2 fully saturated rings. The van der Waals surface area contributed by atoms with Gasteiger partial charge in [-0.15, -0.1) is 0 Å². The molecule has 0 aliphatic carbocycles. The number of ether oxygens (including phenoxy) is 1. The molecule has 2 aliphatic heterocycles. The van der Waals surface area contributed by atoms with Crippen LogP contribution in [0.3, 0.4) is 0 Å². The Bertz CT molecular complexity index is 497. The fraction of sp³-hybridized carbons (Fsp3) is 0.800. The van der Waals surface area contributed by atoms with E-state index in [0.29, 0.717) is 18.4 Å². The molecule has 0 saturated carbocycles. The lowest BCUT2D eigenvalue weighted by atomic mass is 9.98. The summed E-state index contributed by atoms with van der Waals surface area (Å²) < 4.78 is 10.3. The molecule has 1 N–H and O–H groups in total. The first-order chi connectivity index (χ1) is 10.4. The molecule has 1 aromatic rings. The normalized spacial score (nSPS) is 28.0. The van der Waals surface area contributed by atoms with Crippen molar-refractivity contribution in [3.05, 3.63) is 12.2 Å². The molecule has 2 unspecified atom stereocenters. The smallest absolute Gasteiger partial charge is 0.410 e. The third-order valence-electron chi connectivity index (χ3n) is 4.29. The minimum absolute atomic E-state index is 0.170. The first kappa shape index (κ1) is 15.3. The van der Waals surface area contributed by atoms with Crippen molar-refractivity contribution in [2.75, 3.05) is 0 Å². The van der Waals surface area contributed by atoms with Crippen molar-refractivity contribution >= 4 is 6.09 Å². The lowest BCUT2D eigenvalue weighted by Crippen LogP contribution is -2.52. The molecule has 1 amide bonds. The topological polar surface area (TPSA) is 80.5 Å². The molecule has 3 rings (SSSR count). The van der Waals surface area contributed by atoms with Crippen LogP contribution in [0.2, 0.25) is 0 Å². The maximum Gasteiger partial charge on any atom is 0.410 e. The summed E-state index contributed by atoms with van der Waals surface area (Å²) in [5.74, 6) is 0.668. The largest absolute Gasteiger partial charge is 0.444 e. The lowest BCUT2D eigenvalue weighted by Gasteiger charge is -2.39. The molecule has 7 nitrogen and oxygen atoms in total. The lowest BCUT2D eigenvalue weighted by molar-refractivity contribution is 0.00463. The highest BCUT2D eigenvalue weighted by molar-refractivity contribution is 5.69. The third kappa shape index (κ3) is 3.40. The van der Waals surface area contributed by atoms with Crippen molar-refractivity contribution in [3.8, 4) is 0 Å². The van der Waals surface area contributed by atoms with Crippen LogP contribution in [0, 0.1) is 0 Å². The van der Waals surface area contributed by atoms with Gasteiger partial charge in [0.1, 0.15) is 5.60 Å². The molecule has 2 atom stereocenters. The molecule has 0 spiro atoms. The highest BCUT2D eigenvalue weighted by Crippen LogP contribution is 2.36. The van der Waals surface area contributed by atoms with E-state index in [2.05, 4.69) is 15.5 Å². The number of hydrogen-bond donors (Lipinski definition) is 1. The van der Waals surface area contributed by atoms with Gasteiger partial charge in [0, 0.05) is 18.1 Å². The van der Waals surface area contributed by atoms with Crippen LogP contribution in [0.15, 0.2) is 10.9 Å². The van der Waals surface area contributed by atoms with E-state index in [0.717, 1.165) is 25.7 Å². The number of nitrogens with zero attached hydrogens (tertiary/aromatic N) is 3. The summed E-state index contributed by atoms with van der Waals surface area (Å²) in [6.07, 6.45) is 5.19. The molecule has 2 bridgehead atoms. The number of carbonyl (C=O) groups is 1. The van der Waals surface area contributed by atoms with Gasteiger partial charge in [0.15, 0.2) is 5.82 Å². The summed E-state index contributed by atoms with van der Waals surface area (Å²) >= 11 is 0. The van der Waals surface area contributed by atoms with E-state index >= 15 is 0 Å². The molecular formula is C15H24N4O3. The van der Waals surface area contributed by atoms with E-state index in [1.54, 1.807) is 0 Å². The highest BCUT2D eigenvalue weighted by atomic mass is 16.6. The Morgan fingerprint density at radius 2 is 2.09 bits per heavy atom. The highest BCUT2D eigenvalue weighted by Gasteiger charge is 2.44. The monoisotopic (exact) mass is 308 g/mol. The number of carbonyl (C=O) groups excluding carboxylic acids is 1. The number of fused-ring (bicyclic) bond motifs is 2. The zero-order valence-electron chi connectivity index (χ0n) is 13.4. The Hall–Kier alpha value is -1.63. The Balaban J connectivity index is 1.56. The summed E-state index contributed by atoms with van der Waals surface area (Å²) in [6.45, 7) is 6.33. The first-order valence-corrected chi connectivity index (χ1v) is 7.92. The minimum Gasteiger partial charge on any atom is -0.444 e. The average Bonchev–Trinajstić information content (AvgIpc) is 3.01. The van der Waals surface area contributed by atoms with E-state index in [4.69, 9.17) is 9.26 Å². The number of hydrogen-bond acceptors (Lipinski definition) is 6. The maximum atomic E-state index is 12.4. The number of aromatic nitrogens is 2. The van der Waals surface area contributed by atoms with Crippen molar-refractivity contribution in [3.63, 3.8) is 0 Å². The summed E-state index contributed by atoms with van der Waals surface area (Å²) in [5.41, 5.74) is -0.440. The quantitative estimate of drug-likeness (QED) is 0.921. The molecule has 0 radical (unpaired) electrons. The van der Waals surface area contributed by atoms with Gasteiger partial charge in [-0.2, -0.15) is 4.98 Å². The van der Waals surface area contributed by atoms with Crippen LogP contribution in [-0.2, 0) is 11.3 Å². The van der Waals surface area contributed by atoms with Crippen LogP contribution in [-0.4, -0.2) is 44.9 Å². The van der Waals surface area contributed by atoms with Crippen LogP contribution in [0.1, 0.15) is 52.3 Å². The van der Waals surface area contributed by atoms with Gasteiger partial charge in [-0.3, -0.25) is 0 Å². The summed E-state index contributed by atoms with van der Waals surface area (Å²) in [4.78, 5) is 18.3. The van der Waals surface area contributed by atoms with E-state index in [1.165, 1.54) is 6.39 Å². The van der Waals surface area contributed by atoms with E-state index in [1.807, 2.05) is 25.7 Å². The Morgan fingerprint density at radius 3 is 2.64 bits per heavy atom. The van der Waals surface area contributed by atoms with Gasteiger partial charge in [0.25, 0.3) is 0 Å². The van der Waals surface area contributed by atoms with E-state index in [9.17, 15) is 4.79 Å². The SMILES string of the molecule is CC(C)(C)OC(=O)N1C2CCC1CC(NCc1ncon1)C2. The number of amides is 1. The fourth-order valence-electron chi connectivity index (χ4n) is 3.46. The second kappa shape index (κ2) is 5.87. The molecule has 2 saturated heterocycles. The van der Waals surface area contributed by atoms with Crippen LogP contribution in [0.25, 0.3) is 0 Å². The van der Waals surface area contributed by atoms with Gasteiger partial charge in [0.2, 0.25) is 6.39 Å². The van der Waals surface area contributed by atoms with Crippen molar-refractivity contribution < 1.29 is 14.1 Å². The zero-order valence-corrected chi connectivity index (χ0v) is 13.4. The summed E-state index contributed by atoms with van der Waals surface area (Å²) in [7, 11) is 0. The summed E-state index contributed by atoms with van der Waals surface area (Å²) in [5, 5.41) is 7.27. The standard InChI is InChI=1S/C15H24N4O3/c1-15(2,3)22-14(20)19-11-4-5-12(19)7-10(6-11)16-8-13-17-9-21-18-13/h9-12,16H,4-8H2,1-3H3. The average molecular weight is 308 g/mol. The van der Waals surface area contributed by atoms with Crippen LogP contribution in [0.5, 0.6) is 0 Å². The number of rotatable bonds is 3. The fourth-order valence-corrected chi connectivity index (χ4v) is 3.46. The molecule has 22 heavy (non-hydrogen) atoms. The predicted molar refractivity (Wildman–Crippen MR) is 79.0 cm³/mol. The second-order valence-electron chi connectivity index (χ2n) is 7.17. The van der Waals surface area contributed by atoms with Crippen molar-refractivity contribution in [2.45, 2.75) is 76.7 Å². The van der Waals surface area contributed by atoms with E-state index in [-0.39, 0.29) is 18.2 Å². The molecule has 0 aromatic carbocycles. The van der Waals surface area contributed by atoms with Crippen LogP contribution in [0.4, 0.5) is 4.79 Å². The molecule has 122 valence electrons. The van der Waals surface area contributed by atoms with Crippen molar-refractivity contribution in [1.29, 1.82) is 0 Å². The van der Waals surface area contributed by atoms with E-state index < -0.39 is 5.60 Å². The predicted octanol–water partition coefficient (Wildman–Crippen LogP) is 2.09. The minimum atomic E-state index is -0.440.